The SMILES string of the molecule is O=C(C=Cc1ccco1)NC1CCCCC1C(F)(F)F. The van der Waals surface area contributed by atoms with Crippen molar-refractivity contribution >= 4 is 12.0 Å². The average molecular weight is 287 g/mol. The van der Waals surface area contributed by atoms with Crippen LogP contribution >= 0.6 is 0 Å². The Bertz CT molecular complexity index is 465. The van der Waals surface area contributed by atoms with Gasteiger partial charge in [0.05, 0.1) is 12.2 Å². The van der Waals surface area contributed by atoms with Crippen LogP contribution in [0.2, 0.25) is 0 Å². The molecule has 20 heavy (non-hydrogen) atoms. The van der Waals surface area contributed by atoms with E-state index in [1.54, 1.807) is 12.1 Å². The monoisotopic (exact) mass is 287 g/mol. The Hall–Kier alpha value is -1.72. The molecule has 0 spiro atoms. The Balaban J connectivity index is 1.95. The average Bonchev–Trinajstić information content (AvgIpc) is 2.89. The van der Waals surface area contributed by atoms with Crippen LogP contribution in [-0.4, -0.2) is 18.1 Å². The molecule has 1 fully saturated rings. The van der Waals surface area contributed by atoms with Crippen molar-refractivity contribution in [2.75, 3.05) is 0 Å². The van der Waals surface area contributed by atoms with E-state index in [0.29, 0.717) is 25.0 Å². The summed E-state index contributed by atoms with van der Waals surface area (Å²) in [6, 6.07) is 2.49. The third kappa shape index (κ3) is 3.88. The van der Waals surface area contributed by atoms with Crippen LogP contribution in [0.5, 0.6) is 0 Å². The van der Waals surface area contributed by atoms with Gasteiger partial charge in [-0.25, -0.2) is 0 Å². The molecular weight excluding hydrogens is 271 g/mol. The van der Waals surface area contributed by atoms with Gasteiger partial charge in [-0.05, 0) is 31.1 Å². The fraction of sp³-hybridized carbons (Fsp3) is 0.500. The maximum atomic E-state index is 12.9. The van der Waals surface area contributed by atoms with Crippen molar-refractivity contribution in [3.63, 3.8) is 0 Å². The molecule has 1 aromatic heterocycles. The number of amides is 1. The van der Waals surface area contributed by atoms with E-state index >= 15 is 0 Å². The van der Waals surface area contributed by atoms with Crippen molar-refractivity contribution < 1.29 is 22.4 Å². The van der Waals surface area contributed by atoms with Crippen LogP contribution in [-0.2, 0) is 4.79 Å². The van der Waals surface area contributed by atoms with Gasteiger partial charge in [0.2, 0.25) is 5.91 Å². The van der Waals surface area contributed by atoms with Gasteiger partial charge in [0.1, 0.15) is 5.76 Å². The molecule has 2 rings (SSSR count). The summed E-state index contributed by atoms with van der Waals surface area (Å²) in [6.07, 6.45) is 1.53. The Labute approximate surface area is 114 Å². The van der Waals surface area contributed by atoms with Crippen molar-refractivity contribution in [2.24, 2.45) is 5.92 Å². The minimum absolute atomic E-state index is 0.0797. The van der Waals surface area contributed by atoms with Crippen LogP contribution in [0.15, 0.2) is 28.9 Å². The van der Waals surface area contributed by atoms with Crippen LogP contribution in [0.3, 0.4) is 0 Å². The van der Waals surface area contributed by atoms with Gasteiger partial charge in [-0.1, -0.05) is 12.8 Å². The molecule has 110 valence electrons. The molecule has 0 radical (unpaired) electrons. The van der Waals surface area contributed by atoms with Crippen LogP contribution in [0.1, 0.15) is 31.4 Å². The lowest BCUT2D eigenvalue weighted by Gasteiger charge is -2.33. The van der Waals surface area contributed by atoms with Crippen LogP contribution in [0, 0.1) is 5.92 Å². The van der Waals surface area contributed by atoms with E-state index in [-0.39, 0.29) is 6.42 Å². The van der Waals surface area contributed by atoms with Crippen LogP contribution in [0.4, 0.5) is 13.2 Å². The molecule has 1 amide bonds. The van der Waals surface area contributed by atoms with Gasteiger partial charge >= 0.3 is 6.18 Å². The number of hydrogen-bond acceptors (Lipinski definition) is 2. The molecular formula is C14H16F3NO2. The molecule has 1 aliphatic rings. The van der Waals surface area contributed by atoms with Gasteiger partial charge in [-0.3, -0.25) is 4.79 Å². The molecule has 1 saturated carbocycles. The highest BCUT2D eigenvalue weighted by atomic mass is 19.4. The van der Waals surface area contributed by atoms with Gasteiger partial charge < -0.3 is 9.73 Å². The van der Waals surface area contributed by atoms with Crippen molar-refractivity contribution in [3.8, 4) is 0 Å². The summed E-state index contributed by atoms with van der Waals surface area (Å²) < 4.78 is 43.6. The lowest BCUT2D eigenvalue weighted by Crippen LogP contribution is -2.47. The zero-order chi connectivity index (χ0) is 14.6. The second-order valence-corrected chi connectivity index (χ2v) is 4.90. The molecule has 0 bridgehead atoms. The van der Waals surface area contributed by atoms with Gasteiger partial charge in [-0.2, -0.15) is 13.2 Å². The summed E-state index contributed by atoms with van der Waals surface area (Å²) in [6.45, 7) is 0. The maximum absolute atomic E-state index is 12.9. The first-order valence-electron chi connectivity index (χ1n) is 6.55. The normalized spacial score (nSPS) is 23.9. The lowest BCUT2D eigenvalue weighted by molar-refractivity contribution is -0.188. The quantitative estimate of drug-likeness (QED) is 0.864. The molecule has 1 aromatic rings. The van der Waals surface area contributed by atoms with E-state index in [4.69, 9.17) is 4.42 Å². The van der Waals surface area contributed by atoms with Crippen LogP contribution < -0.4 is 5.32 Å². The van der Waals surface area contributed by atoms with E-state index in [1.807, 2.05) is 0 Å². The van der Waals surface area contributed by atoms with Crippen molar-refractivity contribution in [2.45, 2.75) is 37.9 Å². The van der Waals surface area contributed by atoms with E-state index in [0.717, 1.165) is 0 Å². The molecule has 1 N–H and O–H groups in total. The molecule has 1 aliphatic carbocycles. The van der Waals surface area contributed by atoms with Crippen molar-refractivity contribution in [3.05, 3.63) is 30.2 Å². The zero-order valence-corrected chi connectivity index (χ0v) is 10.8. The third-order valence-corrected chi connectivity index (χ3v) is 3.46. The summed E-state index contributed by atoms with van der Waals surface area (Å²) in [4.78, 5) is 11.7. The van der Waals surface area contributed by atoms with E-state index in [2.05, 4.69) is 5.32 Å². The number of nitrogens with one attached hydrogen (secondary N) is 1. The summed E-state index contributed by atoms with van der Waals surface area (Å²) in [5.41, 5.74) is 0. The molecule has 2 unspecified atom stereocenters. The molecule has 1 heterocycles. The van der Waals surface area contributed by atoms with E-state index in [1.165, 1.54) is 18.4 Å². The molecule has 3 nitrogen and oxygen atoms in total. The second kappa shape index (κ2) is 6.15. The Morgan fingerprint density at radius 3 is 2.75 bits per heavy atom. The van der Waals surface area contributed by atoms with Gasteiger partial charge in [0.15, 0.2) is 0 Å². The number of hydrogen-bond donors (Lipinski definition) is 1. The molecule has 0 aliphatic heterocycles. The topological polar surface area (TPSA) is 42.2 Å². The van der Waals surface area contributed by atoms with Gasteiger partial charge in [0.25, 0.3) is 0 Å². The van der Waals surface area contributed by atoms with Crippen molar-refractivity contribution in [1.82, 2.24) is 5.32 Å². The van der Waals surface area contributed by atoms with Gasteiger partial charge in [0, 0.05) is 12.1 Å². The number of halogens is 3. The second-order valence-electron chi connectivity index (χ2n) is 4.90. The highest BCUT2D eigenvalue weighted by Crippen LogP contribution is 2.37. The predicted octanol–water partition coefficient (Wildman–Crippen LogP) is 3.53. The standard InChI is InChI=1S/C14H16F3NO2/c15-14(16,17)11-5-1-2-6-12(11)18-13(19)8-7-10-4-3-9-20-10/h3-4,7-9,11-12H,1-2,5-6H2,(H,18,19). The number of alkyl halides is 3. The first-order valence-corrected chi connectivity index (χ1v) is 6.55. The largest absolute Gasteiger partial charge is 0.465 e. The number of rotatable bonds is 3. The summed E-state index contributed by atoms with van der Waals surface area (Å²) in [7, 11) is 0. The molecule has 0 saturated heterocycles. The third-order valence-electron chi connectivity index (χ3n) is 3.46. The highest BCUT2D eigenvalue weighted by molar-refractivity contribution is 5.91. The highest BCUT2D eigenvalue weighted by Gasteiger charge is 2.45. The first kappa shape index (κ1) is 14.7. The fourth-order valence-corrected chi connectivity index (χ4v) is 2.47. The Morgan fingerprint density at radius 2 is 2.10 bits per heavy atom. The summed E-state index contributed by atoms with van der Waals surface area (Å²) in [5.74, 6) is -1.49. The minimum Gasteiger partial charge on any atom is -0.465 e. The zero-order valence-electron chi connectivity index (χ0n) is 10.8. The fourth-order valence-electron chi connectivity index (χ4n) is 2.47. The van der Waals surface area contributed by atoms with Crippen LogP contribution in [0.25, 0.3) is 6.08 Å². The molecule has 0 aromatic carbocycles. The maximum Gasteiger partial charge on any atom is 0.393 e. The first-order chi connectivity index (χ1) is 9.47. The smallest absolute Gasteiger partial charge is 0.393 e. The Kier molecular flexibility index (Phi) is 4.52. The van der Waals surface area contributed by atoms with E-state index < -0.39 is 24.0 Å². The summed E-state index contributed by atoms with van der Waals surface area (Å²) in [5, 5.41) is 2.45. The minimum atomic E-state index is -4.26. The predicted molar refractivity (Wildman–Crippen MR) is 67.7 cm³/mol. The number of furan rings is 1. The lowest BCUT2D eigenvalue weighted by atomic mass is 9.84. The Morgan fingerprint density at radius 1 is 1.35 bits per heavy atom. The molecule has 6 heteroatoms. The number of carbonyl (C=O) groups excluding carboxylic acids is 1. The number of carbonyl (C=O) groups is 1. The summed E-state index contributed by atoms with van der Waals surface area (Å²) >= 11 is 0. The molecule has 2 atom stereocenters. The van der Waals surface area contributed by atoms with E-state index in [9.17, 15) is 18.0 Å². The van der Waals surface area contributed by atoms with Gasteiger partial charge in [-0.15, -0.1) is 0 Å². The van der Waals surface area contributed by atoms with Crippen molar-refractivity contribution in [1.29, 1.82) is 0 Å².